The Morgan fingerprint density at radius 2 is 2.05 bits per heavy atom. The van der Waals surface area contributed by atoms with E-state index in [0.29, 0.717) is 0 Å². The van der Waals surface area contributed by atoms with Crippen LogP contribution in [0.25, 0.3) is 0 Å². The van der Waals surface area contributed by atoms with Crippen LogP contribution in [0.2, 0.25) is 0 Å². The molecule has 0 bridgehead atoms. The number of nitrogens with two attached hydrogens (primary N) is 1. The molecule has 1 aromatic heterocycles. The van der Waals surface area contributed by atoms with Gasteiger partial charge in [-0.1, -0.05) is 24.0 Å². The number of hydrogen-bond acceptors (Lipinski definition) is 2. The van der Waals surface area contributed by atoms with Crippen LogP contribution < -0.4 is 5.73 Å². The van der Waals surface area contributed by atoms with E-state index in [2.05, 4.69) is 16.9 Å². The lowest BCUT2D eigenvalue weighted by Gasteiger charge is -2.04. The number of benzene rings is 1. The molecule has 1 heterocycles. The Kier molecular flexibility index (Phi) is 4.11. The summed E-state index contributed by atoms with van der Waals surface area (Å²) in [6, 6.07) is 8.18. The normalized spacial score (nSPS) is 11.0. The molecule has 0 fully saturated rings. The first-order valence-corrected chi connectivity index (χ1v) is 5.87. The summed E-state index contributed by atoms with van der Waals surface area (Å²) in [5, 5.41) is 3.50. The Hall–Kier alpha value is -2.26. The van der Waals surface area contributed by atoms with Crippen LogP contribution >= 0.6 is 0 Å². The summed E-state index contributed by atoms with van der Waals surface area (Å²) in [5.41, 5.74) is 5.99. The van der Waals surface area contributed by atoms with Crippen LogP contribution in [0.5, 0.6) is 0 Å². The van der Waals surface area contributed by atoms with E-state index in [1.165, 1.54) is 10.9 Å². The number of halogens is 3. The molecule has 0 unspecified atom stereocenters. The summed E-state index contributed by atoms with van der Waals surface area (Å²) in [6.45, 7) is 0.520. The number of aromatic nitrogens is 2. The SMILES string of the molecule is NCC#Cc1cccc(Cn2ccc(C(F)(F)F)n2)c1. The summed E-state index contributed by atoms with van der Waals surface area (Å²) < 4.78 is 38.6. The third-order valence-electron chi connectivity index (χ3n) is 2.54. The third kappa shape index (κ3) is 3.62. The van der Waals surface area contributed by atoms with Gasteiger partial charge in [0.25, 0.3) is 0 Å². The number of rotatable bonds is 2. The van der Waals surface area contributed by atoms with Gasteiger partial charge in [-0.2, -0.15) is 18.3 Å². The zero-order chi connectivity index (χ0) is 14.6. The highest BCUT2D eigenvalue weighted by Crippen LogP contribution is 2.27. The van der Waals surface area contributed by atoms with Crippen molar-refractivity contribution in [1.29, 1.82) is 0 Å². The van der Waals surface area contributed by atoms with Gasteiger partial charge in [0.2, 0.25) is 0 Å². The molecule has 3 nitrogen and oxygen atoms in total. The molecule has 0 spiro atoms. The lowest BCUT2D eigenvalue weighted by atomic mass is 10.1. The molecule has 104 valence electrons. The first kappa shape index (κ1) is 14.2. The predicted molar refractivity (Wildman–Crippen MR) is 68.7 cm³/mol. The zero-order valence-corrected chi connectivity index (χ0v) is 10.5. The first-order valence-electron chi connectivity index (χ1n) is 5.87. The molecule has 0 radical (unpaired) electrons. The molecule has 2 aromatic rings. The fourth-order valence-electron chi connectivity index (χ4n) is 1.69. The van der Waals surface area contributed by atoms with E-state index in [1.54, 1.807) is 12.1 Å². The fraction of sp³-hybridized carbons (Fsp3) is 0.214. The van der Waals surface area contributed by atoms with Crippen molar-refractivity contribution in [2.45, 2.75) is 12.7 Å². The predicted octanol–water partition coefficient (Wildman–Crippen LogP) is 2.26. The average Bonchev–Trinajstić information content (AvgIpc) is 2.85. The minimum absolute atomic E-state index is 0.258. The van der Waals surface area contributed by atoms with Crippen molar-refractivity contribution in [3.05, 3.63) is 53.3 Å². The second kappa shape index (κ2) is 5.80. The van der Waals surface area contributed by atoms with Crippen molar-refractivity contribution in [3.8, 4) is 11.8 Å². The topological polar surface area (TPSA) is 43.8 Å². The molecular formula is C14H12F3N3. The summed E-state index contributed by atoms with van der Waals surface area (Å²) in [6.07, 6.45) is -3.11. The molecule has 0 atom stereocenters. The Labute approximate surface area is 114 Å². The van der Waals surface area contributed by atoms with Crippen molar-refractivity contribution in [1.82, 2.24) is 9.78 Å². The zero-order valence-electron chi connectivity index (χ0n) is 10.5. The van der Waals surface area contributed by atoms with Gasteiger partial charge in [0.15, 0.2) is 5.69 Å². The van der Waals surface area contributed by atoms with Gasteiger partial charge >= 0.3 is 6.18 Å². The van der Waals surface area contributed by atoms with Gasteiger partial charge < -0.3 is 5.73 Å². The van der Waals surface area contributed by atoms with E-state index >= 15 is 0 Å². The lowest BCUT2D eigenvalue weighted by molar-refractivity contribution is -0.141. The Balaban J connectivity index is 2.16. The molecule has 0 amide bonds. The first-order chi connectivity index (χ1) is 9.49. The van der Waals surface area contributed by atoms with Crippen LogP contribution in [0.3, 0.4) is 0 Å². The van der Waals surface area contributed by atoms with Gasteiger partial charge in [-0.15, -0.1) is 0 Å². The van der Waals surface area contributed by atoms with E-state index in [9.17, 15) is 13.2 Å². The summed E-state index contributed by atoms with van der Waals surface area (Å²) in [4.78, 5) is 0. The van der Waals surface area contributed by atoms with E-state index in [4.69, 9.17) is 5.73 Å². The molecule has 6 heteroatoms. The molecule has 20 heavy (non-hydrogen) atoms. The number of alkyl halides is 3. The molecule has 0 aliphatic heterocycles. The summed E-state index contributed by atoms with van der Waals surface area (Å²) in [7, 11) is 0. The van der Waals surface area contributed by atoms with Crippen molar-refractivity contribution in [2.75, 3.05) is 6.54 Å². The quantitative estimate of drug-likeness (QED) is 0.857. The molecule has 0 aliphatic rings. The lowest BCUT2D eigenvalue weighted by Crippen LogP contribution is -2.08. The molecular weight excluding hydrogens is 267 g/mol. The van der Waals surface area contributed by atoms with E-state index < -0.39 is 11.9 Å². The van der Waals surface area contributed by atoms with Crippen molar-refractivity contribution < 1.29 is 13.2 Å². The van der Waals surface area contributed by atoms with Crippen LogP contribution in [0.1, 0.15) is 16.8 Å². The third-order valence-corrected chi connectivity index (χ3v) is 2.54. The second-order valence-corrected chi connectivity index (χ2v) is 4.10. The van der Waals surface area contributed by atoms with Crippen LogP contribution in [-0.2, 0) is 12.7 Å². The van der Waals surface area contributed by atoms with Crippen molar-refractivity contribution in [3.63, 3.8) is 0 Å². The molecule has 2 rings (SSSR count). The van der Waals surface area contributed by atoms with Crippen LogP contribution in [0.15, 0.2) is 36.5 Å². The maximum absolute atomic E-state index is 12.4. The molecule has 0 aliphatic carbocycles. The number of hydrogen-bond donors (Lipinski definition) is 1. The Morgan fingerprint density at radius 1 is 1.25 bits per heavy atom. The van der Waals surface area contributed by atoms with Crippen LogP contribution in [0.4, 0.5) is 13.2 Å². The average molecular weight is 279 g/mol. The second-order valence-electron chi connectivity index (χ2n) is 4.10. The van der Waals surface area contributed by atoms with Gasteiger partial charge in [-0.25, -0.2) is 0 Å². The highest BCUT2D eigenvalue weighted by Gasteiger charge is 2.33. The minimum atomic E-state index is -4.42. The highest BCUT2D eigenvalue weighted by atomic mass is 19.4. The molecule has 2 N–H and O–H groups in total. The van der Waals surface area contributed by atoms with Crippen molar-refractivity contribution in [2.24, 2.45) is 5.73 Å². The van der Waals surface area contributed by atoms with E-state index in [0.717, 1.165) is 17.2 Å². The molecule has 1 aromatic carbocycles. The smallest absolute Gasteiger partial charge is 0.320 e. The van der Waals surface area contributed by atoms with Gasteiger partial charge in [-0.3, -0.25) is 4.68 Å². The monoisotopic (exact) mass is 279 g/mol. The van der Waals surface area contributed by atoms with Gasteiger partial charge in [-0.05, 0) is 23.8 Å². The van der Waals surface area contributed by atoms with Gasteiger partial charge in [0.1, 0.15) is 0 Å². The molecule has 0 saturated heterocycles. The minimum Gasteiger partial charge on any atom is -0.320 e. The highest BCUT2D eigenvalue weighted by molar-refractivity contribution is 5.37. The van der Waals surface area contributed by atoms with Gasteiger partial charge in [0.05, 0.1) is 13.1 Å². The summed E-state index contributed by atoms with van der Waals surface area (Å²) in [5.74, 6) is 5.60. The van der Waals surface area contributed by atoms with Gasteiger partial charge in [0, 0.05) is 11.8 Å². The van der Waals surface area contributed by atoms with E-state index in [-0.39, 0.29) is 13.1 Å². The Bertz CT molecular complexity index is 647. The largest absolute Gasteiger partial charge is 0.435 e. The fourth-order valence-corrected chi connectivity index (χ4v) is 1.69. The Morgan fingerprint density at radius 3 is 2.70 bits per heavy atom. The maximum Gasteiger partial charge on any atom is 0.435 e. The maximum atomic E-state index is 12.4. The van der Waals surface area contributed by atoms with Crippen LogP contribution in [0, 0.1) is 11.8 Å². The van der Waals surface area contributed by atoms with Crippen molar-refractivity contribution >= 4 is 0 Å². The number of nitrogens with zero attached hydrogens (tertiary/aromatic N) is 2. The summed E-state index contributed by atoms with van der Waals surface area (Å²) >= 11 is 0. The van der Waals surface area contributed by atoms with E-state index in [1.807, 2.05) is 12.1 Å². The standard InChI is InChI=1S/C14H12F3N3/c15-14(16,17)13-6-8-20(19-13)10-12-4-1-3-11(9-12)5-2-7-18/h1,3-4,6,8-9H,7,10,18H2. The van der Waals surface area contributed by atoms with Crippen LogP contribution in [-0.4, -0.2) is 16.3 Å². The molecule has 0 saturated carbocycles.